The van der Waals surface area contributed by atoms with Crippen molar-refractivity contribution in [1.29, 1.82) is 0 Å². The molecule has 1 aromatic carbocycles. The van der Waals surface area contributed by atoms with Crippen LogP contribution in [0.3, 0.4) is 0 Å². The fraction of sp³-hybridized carbons (Fsp3) is 0.200. The molecule has 70 valence electrons. The summed E-state index contributed by atoms with van der Waals surface area (Å²) < 4.78 is 12.9. The summed E-state index contributed by atoms with van der Waals surface area (Å²) in [5.41, 5.74) is 0.683. The summed E-state index contributed by atoms with van der Waals surface area (Å²) in [6.07, 6.45) is 2.69. The molecule has 0 heterocycles. The van der Waals surface area contributed by atoms with Crippen molar-refractivity contribution in [2.45, 2.75) is 13.0 Å². The Morgan fingerprint density at radius 1 is 1.54 bits per heavy atom. The maximum atomic E-state index is 12.9. The van der Waals surface area contributed by atoms with Gasteiger partial charge in [0.2, 0.25) is 0 Å². The molecule has 0 saturated carbocycles. The van der Waals surface area contributed by atoms with Crippen LogP contribution in [-0.4, -0.2) is 11.2 Å². The van der Waals surface area contributed by atoms with E-state index in [1.807, 2.05) is 0 Å². The van der Waals surface area contributed by atoms with Gasteiger partial charge in [0.05, 0.1) is 11.1 Å². The van der Waals surface area contributed by atoms with Crippen LogP contribution in [0, 0.1) is 5.82 Å². The van der Waals surface area contributed by atoms with E-state index < -0.39 is 11.9 Å². The van der Waals surface area contributed by atoms with Gasteiger partial charge in [-0.15, -0.1) is 0 Å². The highest BCUT2D eigenvalue weighted by molar-refractivity contribution is 6.30. The van der Waals surface area contributed by atoms with E-state index in [0.29, 0.717) is 5.56 Å². The molecule has 1 N–H and O–H groups in total. The Morgan fingerprint density at radius 2 is 2.23 bits per heavy atom. The smallest absolute Gasteiger partial charge is 0.142 e. The summed E-state index contributed by atoms with van der Waals surface area (Å²) in [4.78, 5) is 0. The van der Waals surface area contributed by atoms with Crippen LogP contribution in [0.1, 0.15) is 12.5 Å². The van der Waals surface area contributed by atoms with E-state index in [1.165, 1.54) is 12.1 Å². The number of aliphatic hydroxyl groups is 1. The highest BCUT2D eigenvalue weighted by atomic mass is 35.5. The average molecular weight is 201 g/mol. The van der Waals surface area contributed by atoms with Crippen LogP contribution in [0.25, 0.3) is 6.08 Å². The molecular weight excluding hydrogens is 191 g/mol. The lowest BCUT2D eigenvalue weighted by atomic mass is 10.2. The minimum Gasteiger partial charge on any atom is -0.389 e. The quantitative estimate of drug-likeness (QED) is 0.779. The monoisotopic (exact) mass is 200 g/mol. The summed E-state index contributed by atoms with van der Waals surface area (Å²) in [6, 6.07) is 4.49. The molecule has 0 amide bonds. The normalized spacial score (nSPS) is 13.5. The van der Waals surface area contributed by atoms with Crippen molar-refractivity contribution in [2.75, 3.05) is 0 Å². The Kier molecular flexibility index (Phi) is 3.46. The Morgan fingerprint density at radius 3 is 2.77 bits per heavy atom. The molecule has 3 heteroatoms. The van der Waals surface area contributed by atoms with Crippen molar-refractivity contribution >= 4 is 17.7 Å². The predicted molar refractivity (Wildman–Crippen MR) is 52.1 cm³/mol. The van der Waals surface area contributed by atoms with Gasteiger partial charge in [-0.1, -0.05) is 29.8 Å². The van der Waals surface area contributed by atoms with Crippen molar-refractivity contribution in [2.24, 2.45) is 0 Å². The zero-order valence-corrected chi connectivity index (χ0v) is 7.92. The Balaban J connectivity index is 2.85. The summed E-state index contributed by atoms with van der Waals surface area (Å²) in [5.74, 6) is -0.450. The second-order valence-electron chi connectivity index (χ2n) is 2.77. The maximum Gasteiger partial charge on any atom is 0.142 e. The molecule has 1 atom stereocenters. The van der Waals surface area contributed by atoms with Gasteiger partial charge in [0.25, 0.3) is 0 Å². The Hall–Kier alpha value is -0.860. The van der Waals surface area contributed by atoms with E-state index in [4.69, 9.17) is 16.7 Å². The third-order valence-corrected chi connectivity index (χ3v) is 1.82. The number of benzene rings is 1. The fourth-order valence-corrected chi connectivity index (χ4v) is 0.984. The van der Waals surface area contributed by atoms with E-state index in [-0.39, 0.29) is 5.02 Å². The molecule has 0 spiro atoms. The minimum atomic E-state index is -0.529. The van der Waals surface area contributed by atoms with Crippen molar-refractivity contribution in [3.05, 3.63) is 40.7 Å². The summed E-state index contributed by atoms with van der Waals surface area (Å²) >= 11 is 5.49. The van der Waals surface area contributed by atoms with Gasteiger partial charge in [-0.05, 0) is 24.6 Å². The molecule has 1 unspecified atom stereocenters. The fourth-order valence-electron chi connectivity index (χ4n) is 0.866. The van der Waals surface area contributed by atoms with Crippen LogP contribution in [-0.2, 0) is 0 Å². The van der Waals surface area contributed by atoms with Crippen LogP contribution in [0.2, 0.25) is 5.02 Å². The number of hydrogen-bond donors (Lipinski definition) is 1. The van der Waals surface area contributed by atoms with Gasteiger partial charge in [0, 0.05) is 0 Å². The lowest BCUT2D eigenvalue weighted by molar-refractivity contribution is 0.245. The first-order valence-corrected chi connectivity index (χ1v) is 4.28. The molecule has 0 aliphatic heterocycles. The Labute approximate surface area is 81.5 Å². The summed E-state index contributed by atoms with van der Waals surface area (Å²) in [6.45, 7) is 1.63. The van der Waals surface area contributed by atoms with Gasteiger partial charge in [-0.3, -0.25) is 0 Å². The molecular formula is C10H10ClFO. The third-order valence-electron chi connectivity index (χ3n) is 1.51. The molecule has 13 heavy (non-hydrogen) atoms. The molecule has 0 aliphatic rings. The van der Waals surface area contributed by atoms with Crippen LogP contribution >= 0.6 is 11.6 Å². The van der Waals surface area contributed by atoms with E-state index in [2.05, 4.69) is 0 Å². The van der Waals surface area contributed by atoms with Crippen molar-refractivity contribution < 1.29 is 9.50 Å². The molecule has 0 fully saturated rings. The highest BCUT2D eigenvalue weighted by Gasteiger charge is 1.98. The third kappa shape index (κ3) is 3.17. The molecule has 1 nitrogen and oxygen atoms in total. The standard InChI is InChI=1S/C10H10ClFO/c1-7(13)2-3-8-4-5-9(11)10(12)6-8/h2-7,13H,1H3/b3-2+. The maximum absolute atomic E-state index is 12.9. The molecule has 0 saturated heterocycles. The van der Waals surface area contributed by atoms with Gasteiger partial charge in [-0.25, -0.2) is 4.39 Å². The average Bonchev–Trinajstić information content (AvgIpc) is 2.07. The molecule has 0 aromatic heterocycles. The zero-order chi connectivity index (χ0) is 9.84. The second-order valence-corrected chi connectivity index (χ2v) is 3.18. The largest absolute Gasteiger partial charge is 0.389 e. The molecule has 0 radical (unpaired) electrons. The second kappa shape index (κ2) is 4.40. The molecule has 0 aliphatic carbocycles. The van der Waals surface area contributed by atoms with Crippen molar-refractivity contribution in [1.82, 2.24) is 0 Å². The van der Waals surface area contributed by atoms with Crippen LogP contribution in [0.4, 0.5) is 4.39 Å². The first kappa shape index (κ1) is 10.2. The molecule has 1 rings (SSSR count). The number of halogens is 2. The predicted octanol–water partition coefficient (Wildman–Crippen LogP) is 2.87. The zero-order valence-electron chi connectivity index (χ0n) is 7.17. The number of hydrogen-bond acceptors (Lipinski definition) is 1. The van der Waals surface area contributed by atoms with E-state index in [1.54, 1.807) is 25.1 Å². The summed E-state index contributed by atoms with van der Waals surface area (Å²) in [5, 5.41) is 9.04. The van der Waals surface area contributed by atoms with E-state index in [9.17, 15) is 4.39 Å². The minimum absolute atomic E-state index is 0.106. The highest BCUT2D eigenvalue weighted by Crippen LogP contribution is 2.16. The number of aliphatic hydroxyl groups excluding tert-OH is 1. The van der Waals surface area contributed by atoms with Gasteiger partial charge in [0.1, 0.15) is 5.82 Å². The van der Waals surface area contributed by atoms with E-state index >= 15 is 0 Å². The first-order valence-electron chi connectivity index (χ1n) is 3.91. The lowest BCUT2D eigenvalue weighted by Gasteiger charge is -1.97. The summed E-state index contributed by atoms with van der Waals surface area (Å²) in [7, 11) is 0. The van der Waals surface area contributed by atoms with Crippen LogP contribution in [0.5, 0.6) is 0 Å². The van der Waals surface area contributed by atoms with E-state index in [0.717, 1.165) is 0 Å². The molecule has 0 bridgehead atoms. The topological polar surface area (TPSA) is 20.2 Å². The van der Waals surface area contributed by atoms with Crippen molar-refractivity contribution in [3.8, 4) is 0 Å². The number of rotatable bonds is 2. The lowest BCUT2D eigenvalue weighted by Crippen LogP contribution is -1.91. The van der Waals surface area contributed by atoms with Gasteiger partial charge < -0.3 is 5.11 Å². The van der Waals surface area contributed by atoms with Gasteiger partial charge in [-0.2, -0.15) is 0 Å². The van der Waals surface area contributed by atoms with Crippen molar-refractivity contribution in [3.63, 3.8) is 0 Å². The first-order chi connectivity index (χ1) is 6.09. The molecule has 1 aromatic rings. The SMILES string of the molecule is CC(O)/C=C/c1ccc(Cl)c(F)c1. The van der Waals surface area contributed by atoms with Crippen LogP contribution in [0.15, 0.2) is 24.3 Å². The van der Waals surface area contributed by atoms with Gasteiger partial charge >= 0.3 is 0 Å². The van der Waals surface area contributed by atoms with Gasteiger partial charge in [0.15, 0.2) is 0 Å². The Bertz CT molecular complexity index is 321. The van der Waals surface area contributed by atoms with Crippen LogP contribution < -0.4 is 0 Å².